The lowest BCUT2D eigenvalue weighted by Crippen LogP contribution is -2.37. The molecule has 0 aliphatic heterocycles. The molecule has 162 valence electrons. The number of amides is 2. The molecule has 2 aromatic carbocycles. The van der Waals surface area contributed by atoms with Gasteiger partial charge in [0.2, 0.25) is 11.8 Å². The Kier molecular flexibility index (Phi) is 6.85. The Balaban J connectivity index is 1.55. The average Bonchev–Trinajstić information content (AvgIpc) is 3.13. The molecule has 1 atom stereocenters. The zero-order chi connectivity index (χ0) is 22.5. The van der Waals surface area contributed by atoms with Crippen molar-refractivity contribution in [3.05, 3.63) is 66.1 Å². The van der Waals surface area contributed by atoms with Gasteiger partial charge in [0.25, 0.3) is 0 Å². The lowest BCUT2D eigenvalue weighted by atomic mass is 10.2. The number of aromatic nitrogens is 2. The van der Waals surface area contributed by atoms with E-state index in [1.807, 2.05) is 30.3 Å². The van der Waals surface area contributed by atoms with Crippen LogP contribution in [0, 0.1) is 17.5 Å². The fourth-order valence-corrected chi connectivity index (χ4v) is 3.38. The lowest BCUT2D eigenvalue weighted by molar-refractivity contribution is -0.123. The maximum atomic E-state index is 13.6. The minimum Gasteiger partial charge on any atom is -0.346 e. The van der Waals surface area contributed by atoms with Crippen molar-refractivity contribution in [3.63, 3.8) is 0 Å². The van der Waals surface area contributed by atoms with E-state index < -0.39 is 46.7 Å². The van der Waals surface area contributed by atoms with E-state index in [1.165, 1.54) is 4.68 Å². The van der Waals surface area contributed by atoms with Crippen molar-refractivity contribution >= 4 is 29.3 Å². The van der Waals surface area contributed by atoms with Crippen LogP contribution in [0.3, 0.4) is 0 Å². The minimum absolute atomic E-state index is 0.398. The highest BCUT2D eigenvalue weighted by Crippen LogP contribution is 2.25. The molecule has 31 heavy (non-hydrogen) atoms. The molecule has 1 aromatic heterocycles. The molecule has 11 heteroatoms. The Morgan fingerprint density at radius 3 is 2.55 bits per heavy atom. The van der Waals surface area contributed by atoms with Gasteiger partial charge in [0.05, 0.1) is 29.4 Å². The molecular weight excluding hydrogens is 431 g/mol. The third-order valence-corrected chi connectivity index (χ3v) is 5.23. The van der Waals surface area contributed by atoms with Gasteiger partial charge in [-0.3, -0.25) is 9.59 Å². The summed E-state index contributed by atoms with van der Waals surface area (Å²) in [6.07, 6.45) is 1.63. The Morgan fingerprint density at radius 1 is 1.13 bits per heavy atom. The fourth-order valence-electron chi connectivity index (χ4n) is 2.55. The normalized spacial score (nSPS) is 11.7. The number of anilines is 1. The van der Waals surface area contributed by atoms with Crippen LogP contribution in [0.2, 0.25) is 0 Å². The molecule has 1 heterocycles. The van der Waals surface area contributed by atoms with Gasteiger partial charge in [0, 0.05) is 5.56 Å². The second-order valence-electron chi connectivity index (χ2n) is 6.43. The number of rotatable bonds is 7. The third-order valence-electron chi connectivity index (χ3n) is 4.15. The van der Waals surface area contributed by atoms with Gasteiger partial charge in [0.15, 0.2) is 22.6 Å². The van der Waals surface area contributed by atoms with Crippen LogP contribution in [0.15, 0.2) is 53.8 Å². The third kappa shape index (κ3) is 5.37. The number of nitrogens with two attached hydrogens (primary N) is 1. The Labute approximate surface area is 179 Å². The van der Waals surface area contributed by atoms with Crippen LogP contribution in [-0.4, -0.2) is 33.3 Å². The van der Waals surface area contributed by atoms with Crippen molar-refractivity contribution in [3.8, 4) is 11.3 Å². The van der Waals surface area contributed by atoms with E-state index in [2.05, 4.69) is 15.6 Å². The highest BCUT2D eigenvalue weighted by atomic mass is 32.2. The van der Waals surface area contributed by atoms with Gasteiger partial charge in [-0.25, -0.2) is 22.8 Å². The minimum atomic E-state index is -1.70. The molecule has 0 saturated heterocycles. The zero-order valence-electron chi connectivity index (χ0n) is 16.2. The number of hydrogen-bond donors (Lipinski definition) is 3. The number of nitrogens with zero attached hydrogens (tertiary/aromatic N) is 2. The largest absolute Gasteiger partial charge is 0.346 e. The Hall–Kier alpha value is -3.47. The lowest BCUT2D eigenvalue weighted by Gasteiger charge is -2.12. The predicted molar refractivity (Wildman–Crippen MR) is 111 cm³/mol. The van der Waals surface area contributed by atoms with Crippen LogP contribution in [0.1, 0.15) is 6.92 Å². The highest BCUT2D eigenvalue weighted by molar-refractivity contribution is 8.00. The van der Waals surface area contributed by atoms with E-state index in [0.29, 0.717) is 16.9 Å². The summed E-state index contributed by atoms with van der Waals surface area (Å²) in [5.74, 6) is 0.0348. The zero-order valence-corrected chi connectivity index (χ0v) is 17.1. The number of nitrogens with one attached hydrogen (secondary N) is 2. The van der Waals surface area contributed by atoms with E-state index in [4.69, 9.17) is 5.84 Å². The summed E-state index contributed by atoms with van der Waals surface area (Å²) in [5.41, 5.74) is 0.983. The average molecular weight is 449 g/mol. The number of thioether (sulfide) groups is 1. The van der Waals surface area contributed by atoms with Gasteiger partial charge < -0.3 is 16.5 Å². The standard InChI is InChI=1S/C20H18F3N5O2S/c1-11(31-20-27-15(10-28(20)24)12-5-3-2-4-6-12)19(30)25-9-16(29)26-14-8-7-13(21)17(22)18(14)23/h2-8,10-11H,9,24H2,1H3,(H,25,30)(H,26,29)/t11-/m0/s1. The second-order valence-corrected chi connectivity index (χ2v) is 7.74. The topological polar surface area (TPSA) is 102 Å². The molecule has 7 nitrogen and oxygen atoms in total. The van der Waals surface area contributed by atoms with Gasteiger partial charge in [-0.05, 0) is 19.1 Å². The van der Waals surface area contributed by atoms with E-state index in [1.54, 1.807) is 13.1 Å². The van der Waals surface area contributed by atoms with E-state index in [0.717, 1.165) is 23.4 Å². The monoisotopic (exact) mass is 449 g/mol. The number of hydrogen-bond acceptors (Lipinski definition) is 5. The van der Waals surface area contributed by atoms with E-state index in [9.17, 15) is 22.8 Å². The summed E-state index contributed by atoms with van der Waals surface area (Å²) in [6.45, 7) is 1.11. The maximum absolute atomic E-state index is 13.6. The molecule has 3 rings (SSSR count). The van der Waals surface area contributed by atoms with Crippen molar-refractivity contribution in [1.82, 2.24) is 15.0 Å². The second kappa shape index (κ2) is 9.56. The van der Waals surface area contributed by atoms with Gasteiger partial charge in [-0.2, -0.15) is 0 Å². The molecule has 0 fully saturated rings. The van der Waals surface area contributed by atoms with Crippen LogP contribution in [-0.2, 0) is 9.59 Å². The molecule has 0 aliphatic carbocycles. The van der Waals surface area contributed by atoms with Crippen molar-refractivity contribution in [2.24, 2.45) is 0 Å². The molecule has 0 bridgehead atoms. The summed E-state index contributed by atoms with van der Waals surface area (Å²) in [4.78, 5) is 28.6. The molecule has 0 saturated carbocycles. The summed E-state index contributed by atoms with van der Waals surface area (Å²) in [5, 5.41) is 4.21. The van der Waals surface area contributed by atoms with Crippen molar-refractivity contribution in [2.45, 2.75) is 17.3 Å². The van der Waals surface area contributed by atoms with Gasteiger partial charge >= 0.3 is 0 Å². The van der Waals surface area contributed by atoms with Gasteiger partial charge in [0.1, 0.15) is 0 Å². The van der Waals surface area contributed by atoms with Gasteiger partial charge in [-0.15, -0.1) is 0 Å². The summed E-state index contributed by atoms with van der Waals surface area (Å²) in [6, 6.07) is 10.9. The Bertz CT molecular complexity index is 1110. The summed E-state index contributed by atoms with van der Waals surface area (Å²) in [7, 11) is 0. The van der Waals surface area contributed by atoms with Crippen molar-refractivity contribution < 1.29 is 22.8 Å². The summed E-state index contributed by atoms with van der Waals surface area (Å²) < 4.78 is 41.1. The first-order valence-corrected chi connectivity index (χ1v) is 9.92. The SMILES string of the molecule is C[C@H](Sc1nc(-c2ccccc2)cn1N)C(=O)NCC(=O)Nc1ccc(F)c(F)c1F. The number of carbonyl (C=O) groups excluding carboxylic acids is 2. The number of imidazole rings is 1. The molecule has 3 aromatic rings. The molecular formula is C20H18F3N5O2S. The number of carbonyl (C=O) groups is 2. The van der Waals surface area contributed by atoms with Crippen LogP contribution >= 0.6 is 11.8 Å². The highest BCUT2D eigenvalue weighted by Gasteiger charge is 2.20. The fraction of sp³-hybridized carbons (Fsp3) is 0.150. The molecule has 0 radical (unpaired) electrons. The summed E-state index contributed by atoms with van der Waals surface area (Å²) >= 11 is 1.09. The molecule has 0 spiro atoms. The molecule has 2 amide bonds. The molecule has 0 aliphatic rings. The van der Waals surface area contributed by atoms with E-state index in [-0.39, 0.29) is 0 Å². The maximum Gasteiger partial charge on any atom is 0.243 e. The van der Waals surface area contributed by atoms with Crippen LogP contribution in [0.25, 0.3) is 11.3 Å². The molecule has 4 N–H and O–H groups in total. The van der Waals surface area contributed by atoms with Crippen LogP contribution in [0.5, 0.6) is 0 Å². The predicted octanol–water partition coefficient (Wildman–Crippen LogP) is 2.92. The quantitative estimate of drug-likeness (QED) is 0.293. The first-order valence-electron chi connectivity index (χ1n) is 9.04. The Morgan fingerprint density at radius 2 is 1.84 bits per heavy atom. The van der Waals surface area contributed by atoms with Crippen molar-refractivity contribution in [1.29, 1.82) is 0 Å². The first kappa shape index (κ1) is 22.2. The number of nitrogen functional groups attached to an aromatic ring is 1. The molecule has 0 unspecified atom stereocenters. The first-order chi connectivity index (χ1) is 14.8. The van der Waals surface area contributed by atoms with Crippen LogP contribution < -0.4 is 16.5 Å². The van der Waals surface area contributed by atoms with E-state index >= 15 is 0 Å². The van der Waals surface area contributed by atoms with Gasteiger partial charge in [-0.1, -0.05) is 42.1 Å². The number of halogens is 3. The van der Waals surface area contributed by atoms with Crippen molar-refractivity contribution in [2.75, 3.05) is 17.7 Å². The van der Waals surface area contributed by atoms with Crippen LogP contribution in [0.4, 0.5) is 18.9 Å². The smallest absolute Gasteiger partial charge is 0.243 e. The number of benzene rings is 2.